The fraction of sp³-hybridized carbons (Fsp3) is 0.300. The molecule has 4 N–H and O–H groups in total. The highest BCUT2D eigenvalue weighted by molar-refractivity contribution is 6.34. The zero-order valence-corrected chi connectivity index (χ0v) is 16.8. The van der Waals surface area contributed by atoms with Gasteiger partial charge in [-0.25, -0.2) is 14.8 Å². The van der Waals surface area contributed by atoms with E-state index in [1.54, 1.807) is 31.8 Å². The number of ether oxygens (including phenoxy) is 2. The van der Waals surface area contributed by atoms with E-state index in [0.29, 0.717) is 39.0 Å². The topological polar surface area (TPSA) is 128 Å². The number of halogens is 1. The number of aromatic nitrogens is 4. The number of H-pyrrole nitrogens is 1. The maximum absolute atomic E-state index is 11.4. The van der Waals surface area contributed by atoms with Crippen LogP contribution in [0.3, 0.4) is 0 Å². The van der Waals surface area contributed by atoms with Crippen LogP contribution in [0.1, 0.15) is 6.42 Å². The summed E-state index contributed by atoms with van der Waals surface area (Å²) in [5.41, 5.74) is 7.78. The summed E-state index contributed by atoms with van der Waals surface area (Å²) >= 11 is 6.49. The second-order valence-corrected chi connectivity index (χ2v) is 7.77. The van der Waals surface area contributed by atoms with Crippen molar-refractivity contribution in [2.24, 2.45) is 17.6 Å². The van der Waals surface area contributed by atoms with Gasteiger partial charge in [0.1, 0.15) is 23.2 Å². The lowest BCUT2D eigenvalue weighted by molar-refractivity contribution is 0.0854. The Morgan fingerprint density at radius 3 is 2.97 bits per heavy atom. The van der Waals surface area contributed by atoms with Crippen molar-refractivity contribution in [3.8, 4) is 17.1 Å². The monoisotopic (exact) mass is 426 g/mol. The largest absolute Gasteiger partial charge is 0.496 e. The highest BCUT2D eigenvalue weighted by atomic mass is 35.5. The highest BCUT2D eigenvalue weighted by Crippen LogP contribution is 2.44. The summed E-state index contributed by atoms with van der Waals surface area (Å²) in [6.45, 7) is 0. The Labute approximate surface area is 176 Å². The Kier molecular flexibility index (Phi) is 4.47. The molecule has 3 heterocycles. The molecule has 2 aliphatic carbocycles. The summed E-state index contributed by atoms with van der Waals surface area (Å²) in [7, 11) is 1.59. The van der Waals surface area contributed by atoms with Crippen LogP contribution in [0.4, 0.5) is 10.5 Å². The predicted molar refractivity (Wildman–Crippen MR) is 111 cm³/mol. The van der Waals surface area contributed by atoms with Crippen molar-refractivity contribution in [1.82, 2.24) is 19.9 Å². The van der Waals surface area contributed by atoms with Crippen LogP contribution in [0.5, 0.6) is 5.75 Å². The molecule has 2 bridgehead atoms. The zero-order chi connectivity index (χ0) is 20.8. The first kappa shape index (κ1) is 18.7. The Morgan fingerprint density at radius 1 is 1.33 bits per heavy atom. The second kappa shape index (κ2) is 7.17. The normalized spacial score (nSPS) is 24.3. The molecule has 0 aromatic carbocycles. The molecule has 10 heteroatoms. The highest BCUT2D eigenvalue weighted by Gasteiger charge is 2.47. The van der Waals surface area contributed by atoms with E-state index >= 15 is 0 Å². The molecule has 0 spiro atoms. The van der Waals surface area contributed by atoms with E-state index in [1.165, 1.54) is 0 Å². The number of fused-ring (bicyclic) bond motifs is 3. The molecule has 0 saturated heterocycles. The molecular formula is C20H19ClN6O3. The first-order chi connectivity index (χ1) is 14.5. The third kappa shape index (κ3) is 3.02. The van der Waals surface area contributed by atoms with Gasteiger partial charge < -0.3 is 25.5 Å². The Balaban J connectivity index is 1.55. The predicted octanol–water partition coefficient (Wildman–Crippen LogP) is 3.13. The van der Waals surface area contributed by atoms with E-state index in [2.05, 4.69) is 37.4 Å². The van der Waals surface area contributed by atoms with Crippen molar-refractivity contribution in [3.63, 3.8) is 0 Å². The number of anilines is 1. The number of nitrogens with one attached hydrogen (secondary N) is 2. The van der Waals surface area contributed by atoms with Gasteiger partial charge in [-0.1, -0.05) is 23.8 Å². The summed E-state index contributed by atoms with van der Waals surface area (Å²) in [5, 5.41) is 3.89. The van der Waals surface area contributed by atoms with Crippen molar-refractivity contribution in [1.29, 1.82) is 0 Å². The Morgan fingerprint density at radius 2 is 2.17 bits per heavy atom. The van der Waals surface area contributed by atoms with Crippen LogP contribution in [0, 0.1) is 11.8 Å². The number of aromatic amines is 1. The number of hydrogen-bond acceptors (Lipinski definition) is 7. The van der Waals surface area contributed by atoms with E-state index in [4.69, 9.17) is 26.8 Å². The number of pyridine rings is 2. The summed E-state index contributed by atoms with van der Waals surface area (Å²) in [6, 6.07) is 1.60. The van der Waals surface area contributed by atoms with Gasteiger partial charge in [0.05, 0.1) is 35.6 Å². The van der Waals surface area contributed by atoms with Gasteiger partial charge in [0.2, 0.25) is 0 Å². The fourth-order valence-electron chi connectivity index (χ4n) is 4.37. The number of amides is 1. The molecule has 3 aromatic rings. The molecule has 0 aliphatic heterocycles. The first-order valence-electron chi connectivity index (χ1n) is 9.48. The van der Waals surface area contributed by atoms with Crippen molar-refractivity contribution in [3.05, 3.63) is 41.8 Å². The summed E-state index contributed by atoms with van der Waals surface area (Å²) in [5.74, 6) is 1.54. The van der Waals surface area contributed by atoms with Gasteiger partial charge in [-0.05, 0) is 12.5 Å². The summed E-state index contributed by atoms with van der Waals surface area (Å²) in [4.78, 5) is 27.8. The number of nitrogens with two attached hydrogens (primary N) is 1. The number of methoxy groups -OCH3 is 1. The number of nitrogens with zero attached hydrogens (tertiary/aromatic N) is 3. The second-order valence-electron chi connectivity index (χ2n) is 7.36. The maximum Gasteiger partial charge on any atom is 0.404 e. The third-order valence-corrected chi connectivity index (χ3v) is 5.97. The van der Waals surface area contributed by atoms with E-state index in [9.17, 15) is 4.79 Å². The van der Waals surface area contributed by atoms with Gasteiger partial charge in [-0.3, -0.25) is 4.98 Å². The van der Waals surface area contributed by atoms with Gasteiger partial charge >= 0.3 is 6.09 Å². The average molecular weight is 427 g/mol. The van der Waals surface area contributed by atoms with Crippen LogP contribution in [-0.2, 0) is 4.74 Å². The minimum atomic E-state index is -0.786. The minimum absolute atomic E-state index is 0.132. The van der Waals surface area contributed by atoms with Gasteiger partial charge in [0, 0.05) is 24.2 Å². The number of hydrogen-bond donors (Lipinski definition) is 3. The van der Waals surface area contributed by atoms with Crippen LogP contribution in [0.15, 0.2) is 36.8 Å². The van der Waals surface area contributed by atoms with Gasteiger partial charge in [-0.2, -0.15) is 0 Å². The maximum atomic E-state index is 11.4. The quantitative estimate of drug-likeness (QED) is 0.534. The standard InChI is InChI=1S/C20H19ClN6O3/c1-29-13-4-5-23-7-11(13)18-26-16-15(12(21)8-24-19(16)27-18)25-14-9-2-3-10(6-9)17(14)30-20(22)28/h2-5,7-10,14,17H,6H2,1H3,(H2,22,28)(H2,24,25,26,27)/t9-,10+,14+,17-/m0/s1. The van der Waals surface area contributed by atoms with Crippen molar-refractivity contribution < 1.29 is 14.3 Å². The molecule has 1 saturated carbocycles. The van der Waals surface area contributed by atoms with Crippen LogP contribution < -0.4 is 15.8 Å². The smallest absolute Gasteiger partial charge is 0.404 e. The lowest BCUT2D eigenvalue weighted by Gasteiger charge is -2.29. The van der Waals surface area contributed by atoms with Gasteiger partial charge in [0.25, 0.3) is 0 Å². The molecule has 154 valence electrons. The molecule has 2 aliphatic rings. The minimum Gasteiger partial charge on any atom is -0.496 e. The van der Waals surface area contributed by atoms with Crippen LogP contribution in [-0.4, -0.2) is 45.3 Å². The molecule has 0 radical (unpaired) electrons. The molecule has 0 unspecified atom stereocenters. The average Bonchev–Trinajstić information content (AvgIpc) is 3.45. The molecular weight excluding hydrogens is 408 g/mol. The SMILES string of the molecule is COc1ccncc1-c1nc2ncc(Cl)c(N[C@H]3[C@@H](OC(N)=O)[C@@H]4C=C[C@H]3C4)c2[nH]1. The van der Waals surface area contributed by atoms with E-state index in [-0.39, 0.29) is 24.0 Å². The van der Waals surface area contributed by atoms with Gasteiger partial charge in [-0.15, -0.1) is 0 Å². The Bertz CT molecular complexity index is 1160. The number of carbonyl (C=O) groups excluding carboxylic acids is 1. The zero-order valence-electron chi connectivity index (χ0n) is 16.0. The molecule has 30 heavy (non-hydrogen) atoms. The fourth-order valence-corrected chi connectivity index (χ4v) is 4.57. The molecule has 5 rings (SSSR count). The lowest BCUT2D eigenvalue weighted by atomic mass is 9.98. The lowest BCUT2D eigenvalue weighted by Crippen LogP contribution is -2.41. The first-order valence-corrected chi connectivity index (χ1v) is 9.86. The molecule has 1 fully saturated rings. The molecule has 3 aromatic heterocycles. The van der Waals surface area contributed by atoms with Crippen molar-refractivity contribution in [2.75, 3.05) is 12.4 Å². The van der Waals surface area contributed by atoms with Crippen molar-refractivity contribution >= 4 is 34.5 Å². The third-order valence-electron chi connectivity index (χ3n) is 5.68. The Hall–Kier alpha value is -3.33. The summed E-state index contributed by atoms with van der Waals surface area (Å²) < 4.78 is 10.8. The molecule has 9 nitrogen and oxygen atoms in total. The van der Waals surface area contributed by atoms with E-state index in [1.807, 2.05) is 0 Å². The van der Waals surface area contributed by atoms with E-state index in [0.717, 1.165) is 6.42 Å². The van der Waals surface area contributed by atoms with Crippen LogP contribution in [0.25, 0.3) is 22.6 Å². The van der Waals surface area contributed by atoms with Crippen LogP contribution in [0.2, 0.25) is 5.02 Å². The molecule has 1 amide bonds. The number of imidazole rings is 1. The molecule has 4 atom stereocenters. The number of carbonyl (C=O) groups is 1. The van der Waals surface area contributed by atoms with E-state index < -0.39 is 6.09 Å². The number of rotatable bonds is 5. The number of primary amides is 1. The van der Waals surface area contributed by atoms with Gasteiger partial charge in [0.15, 0.2) is 5.65 Å². The van der Waals surface area contributed by atoms with Crippen molar-refractivity contribution in [2.45, 2.75) is 18.6 Å². The van der Waals surface area contributed by atoms with Crippen LogP contribution >= 0.6 is 11.6 Å². The summed E-state index contributed by atoms with van der Waals surface area (Å²) in [6.07, 6.45) is 8.81.